The van der Waals surface area contributed by atoms with Crippen LogP contribution in [0.15, 0.2) is 99.8 Å². The Morgan fingerprint density at radius 3 is 1.95 bits per heavy atom. The number of nitrogens with one attached hydrogen (secondary N) is 1. The van der Waals surface area contributed by atoms with Crippen molar-refractivity contribution >= 4 is 37.9 Å². The van der Waals surface area contributed by atoms with Crippen LogP contribution in [0.1, 0.15) is 5.56 Å². The van der Waals surface area contributed by atoms with Crippen molar-refractivity contribution in [1.29, 1.82) is 0 Å². The number of rotatable bonds is 8. The van der Waals surface area contributed by atoms with E-state index in [1.54, 1.807) is 36.4 Å². The minimum Gasteiger partial charge on any atom is -0.378 e. The molecular weight excluding hydrogens is 526 g/mol. The molecule has 0 aromatic heterocycles. The van der Waals surface area contributed by atoms with E-state index in [-0.39, 0.29) is 29.4 Å². The highest BCUT2D eigenvalue weighted by Crippen LogP contribution is 2.25. The van der Waals surface area contributed by atoms with Gasteiger partial charge in [-0.2, -0.15) is 13.7 Å². The molecular formula is C26H29N5O5S2. The van der Waals surface area contributed by atoms with Crippen molar-refractivity contribution in [2.45, 2.75) is 15.8 Å². The first kappa shape index (κ1) is 27.5. The fraction of sp³-hybridized carbons (Fsp3) is 0.231. The highest BCUT2D eigenvalue weighted by molar-refractivity contribution is 7.89. The summed E-state index contributed by atoms with van der Waals surface area (Å²) in [5, 5.41) is 4.00. The highest BCUT2D eigenvalue weighted by Gasteiger charge is 2.43. The number of hydrazone groups is 1. The van der Waals surface area contributed by atoms with Crippen LogP contribution in [0.2, 0.25) is 0 Å². The van der Waals surface area contributed by atoms with Crippen molar-refractivity contribution in [3.05, 3.63) is 90.5 Å². The highest BCUT2D eigenvalue weighted by atomic mass is 32.2. The second kappa shape index (κ2) is 11.4. The maximum absolute atomic E-state index is 13.4. The molecule has 10 nitrogen and oxygen atoms in total. The summed E-state index contributed by atoms with van der Waals surface area (Å²) in [6.07, 6.45) is 1.44. The molecule has 0 radical (unpaired) electrons. The average Bonchev–Trinajstić information content (AvgIpc) is 2.94. The number of nitrogens with zero attached hydrogens (tertiary/aromatic N) is 4. The number of amides is 1. The van der Waals surface area contributed by atoms with Crippen molar-refractivity contribution in [3.8, 4) is 0 Å². The molecule has 1 amide bonds. The average molecular weight is 556 g/mol. The third kappa shape index (κ3) is 5.94. The Bertz CT molecular complexity index is 1490. The van der Waals surface area contributed by atoms with Gasteiger partial charge in [0, 0.05) is 39.4 Å². The second-order valence-corrected chi connectivity index (χ2v) is 12.7. The van der Waals surface area contributed by atoms with Gasteiger partial charge >= 0.3 is 0 Å². The van der Waals surface area contributed by atoms with Crippen molar-refractivity contribution in [2.75, 3.05) is 38.6 Å². The quantitative estimate of drug-likeness (QED) is 0.335. The van der Waals surface area contributed by atoms with Crippen LogP contribution < -0.4 is 10.3 Å². The molecule has 1 aliphatic heterocycles. The van der Waals surface area contributed by atoms with Crippen molar-refractivity contribution < 1.29 is 21.6 Å². The zero-order chi connectivity index (χ0) is 27.3. The van der Waals surface area contributed by atoms with Crippen LogP contribution in [0, 0.1) is 0 Å². The third-order valence-corrected chi connectivity index (χ3v) is 9.93. The molecule has 0 aliphatic carbocycles. The summed E-state index contributed by atoms with van der Waals surface area (Å²) < 4.78 is 55.6. The first-order chi connectivity index (χ1) is 18.1. The number of sulfonamides is 2. The largest absolute Gasteiger partial charge is 0.378 e. The molecule has 12 heteroatoms. The Kier molecular flexibility index (Phi) is 8.26. The van der Waals surface area contributed by atoms with E-state index in [4.69, 9.17) is 0 Å². The Hall–Kier alpha value is -3.58. The summed E-state index contributed by atoms with van der Waals surface area (Å²) in [6.45, 7) is -0.659. The van der Waals surface area contributed by atoms with Crippen molar-refractivity contribution in [2.24, 2.45) is 5.10 Å². The molecule has 1 heterocycles. The summed E-state index contributed by atoms with van der Waals surface area (Å²) in [5.74, 6) is -0.737. The second-order valence-electron chi connectivity index (χ2n) is 8.84. The van der Waals surface area contributed by atoms with E-state index >= 15 is 0 Å². The van der Waals surface area contributed by atoms with E-state index < -0.39 is 32.0 Å². The first-order valence-electron chi connectivity index (χ1n) is 11.8. The van der Waals surface area contributed by atoms with Gasteiger partial charge in [-0.15, -0.1) is 0 Å². The molecule has 0 bridgehead atoms. The molecule has 1 atom stereocenters. The number of anilines is 1. The Morgan fingerprint density at radius 2 is 1.39 bits per heavy atom. The van der Waals surface area contributed by atoms with Crippen LogP contribution in [0.25, 0.3) is 0 Å². The molecule has 1 fully saturated rings. The number of piperazine rings is 1. The number of carbonyl (C=O) groups is 1. The van der Waals surface area contributed by atoms with Crippen LogP contribution in [-0.4, -0.2) is 77.3 Å². The SMILES string of the molecule is CN(C)c1ccc(/C=N\NC(=O)[C@@H]2CN(S(=O)(=O)c3ccccc3)CCN2S(=O)(=O)c2ccccc2)cc1. The summed E-state index contributed by atoms with van der Waals surface area (Å²) in [6, 6.07) is 21.7. The molecule has 3 aromatic rings. The van der Waals surface area contributed by atoms with Gasteiger partial charge in [0.25, 0.3) is 5.91 Å². The lowest BCUT2D eigenvalue weighted by molar-refractivity contribution is -0.125. The standard InChI is InChI=1S/C26H29N5O5S2/c1-29(2)22-15-13-21(14-16-22)19-27-28-26(32)25-20-30(37(33,34)23-9-5-3-6-10-23)17-18-31(25)38(35,36)24-11-7-4-8-12-24/h3-16,19,25H,17-18,20H2,1-2H3,(H,28,32)/b27-19-/t25-/m0/s1. The van der Waals surface area contributed by atoms with Gasteiger partial charge < -0.3 is 4.90 Å². The smallest absolute Gasteiger partial charge is 0.259 e. The molecule has 0 spiro atoms. The third-order valence-electron chi connectivity index (χ3n) is 6.13. The van der Waals surface area contributed by atoms with E-state index in [9.17, 15) is 21.6 Å². The van der Waals surface area contributed by atoms with Gasteiger partial charge in [0.05, 0.1) is 16.0 Å². The van der Waals surface area contributed by atoms with Gasteiger partial charge in [-0.05, 0) is 42.0 Å². The lowest BCUT2D eigenvalue weighted by atomic mass is 10.2. The van der Waals surface area contributed by atoms with Crippen LogP contribution in [0.5, 0.6) is 0 Å². The predicted molar refractivity (Wildman–Crippen MR) is 146 cm³/mol. The van der Waals surface area contributed by atoms with Gasteiger partial charge in [0.15, 0.2) is 0 Å². The molecule has 0 unspecified atom stereocenters. The maximum Gasteiger partial charge on any atom is 0.259 e. The zero-order valence-corrected chi connectivity index (χ0v) is 22.6. The molecule has 0 saturated carbocycles. The molecule has 3 aromatic carbocycles. The summed E-state index contributed by atoms with van der Waals surface area (Å²) in [4.78, 5) is 15.3. The van der Waals surface area contributed by atoms with E-state index in [0.29, 0.717) is 0 Å². The number of carbonyl (C=O) groups excluding carboxylic acids is 1. The summed E-state index contributed by atoms with van der Waals surface area (Å²) in [5.41, 5.74) is 4.11. The van der Waals surface area contributed by atoms with Gasteiger partial charge in [-0.3, -0.25) is 4.79 Å². The Labute approximate surface area is 223 Å². The predicted octanol–water partition coefficient (Wildman–Crippen LogP) is 1.97. The van der Waals surface area contributed by atoms with Crippen LogP contribution in [0.3, 0.4) is 0 Å². The molecule has 1 saturated heterocycles. The molecule has 1 aliphatic rings. The molecule has 200 valence electrons. The lowest BCUT2D eigenvalue weighted by Crippen LogP contribution is -2.60. The van der Waals surface area contributed by atoms with Gasteiger partial charge in [-0.25, -0.2) is 22.3 Å². The van der Waals surface area contributed by atoms with Crippen LogP contribution >= 0.6 is 0 Å². The van der Waals surface area contributed by atoms with E-state index in [1.165, 1.54) is 30.5 Å². The summed E-state index contributed by atoms with van der Waals surface area (Å²) >= 11 is 0. The molecule has 1 N–H and O–H groups in total. The Morgan fingerprint density at radius 1 is 0.842 bits per heavy atom. The van der Waals surface area contributed by atoms with Crippen molar-refractivity contribution in [3.63, 3.8) is 0 Å². The number of hydrogen-bond acceptors (Lipinski definition) is 7. The molecule has 4 rings (SSSR count). The van der Waals surface area contributed by atoms with E-state index in [1.807, 2.05) is 43.3 Å². The normalized spacial score (nSPS) is 17.4. The zero-order valence-electron chi connectivity index (χ0n) is 21.0. The van der Waals surface area contributed by atoms with Gasteiger partial charge in [0.1, 0.15) is 6.04 Å². The van der Waals surface area contributed by atoms with Crippen molar-refractivity contribution in [1.82, 2.24) is 14.0 Å². The van der Waals surface area contributed by atoms with E-state index in [0.717, 1.165) is 19.9 Å². The van der Waals surface area contributed by atoms with Gasteiger partial charge in [0.2, 0.25) is 20.0 Å². The monoisotopic (exact) mass is 555 g/mol. The summed E-state index contributed by atoms with van der Waals surface area (Å²) in [7, 11) is -4.19. The number of hydrogen-bond donors (Lipinski definition) is 1. The number of benzene rings is 3. The maximum atomic E-state index is 13.4. The fourth-order valence-corrected chi connectivity index (χ4v) is 7.08. The Balaban J connectivity index is 1.59. The minimum absolute atomic E-state index is 0.0154. The molecule has 38 heavy (non-hydrogen) atoms. The van der Waals surface area contributed by atoms with Gasteiger partial charge in [-0.1, -0.05) is 48.5 Å². The first-order valence-corrected chi connectivity index (χ1v) is 14.7. The topological polar surface area (TPSA) is 119 Å². The fourth-order valence-electron chi connectivity index (χ4n) is 4.03. The van der Waals surface area contributed by atoms with Crippen LogP contribution in [-0.2, 0) is 24.8 Å². The lowest BCUT2D eigenvalue weighted by Gasteiger charge is -2.38. The van der Waals surface area contributed by atoms with E-state index in [2.05, 4.69) is 10.5 Å². The minimum atomic E-state index is -4.09. The van der Waals surface area contributed by atoms with Crippen LogP contribution in [0.4, 0.5) is 5.69 Å².